The van der Waals surface area contributed by atoms with Crippen molar-refractivity contribution in [3.05, 3.63) is 65.7 Å². The summed E-state index contributed by atoms with van der Waals surface area (Å²) >= 11 is 5.69. The van der Waals surface area contributed by atoms with Crippen LogP contribution in [0.15, 0.2) is 54.6 Å². The van der Waals surface area contributed by atoms with E-state index in [4.69, 9.17) is 21.1 Å². The van der Waals surface area contributed by atoms with Gasteiger partial charge in [-0.25, -0.2) is 4.79 Å². The number of rotatable bonds is 6. The van der Waals surface area contributed by atoms with Crippen LogP contribution in [0, 0.1) is 0 Å². The Bertz CT molecular complexity index is 537. The molecular weight excluding hydrogens is 276 g/mol. The van der Waals surface area contributed by atoms with Crippen LogP contribution in [0.1, 0.15) is 11.1 Å². The predicted octanol–water partition coefficient (Wildman–Crippen LogP) is 3.55. The van der Waals surface area contributed by atoms with Crippen LogP contribution in [0.3, 0.4) is 0 Å². The number of hydrogen-bond acceptors (Lipinski definition) is 3. The van der Waals surface area contributed by atoms with Gasteiger partial charge in [0.25, 0.3) is 0 Å². The molecule has 0 atom stereocenters. The van der Waals surface area contributed by atoms with Gasteiger partial charge in [0.1, 0.15) is 12.4 Å². The number of ether oxygens (including phenoxy) is 2. The topological polar surface area (TPSA) is 35.5 Å². The van der Waals surface area contributed by atoms with Gasteiger partial charge in [0, 0.05) is 5.88 Å². The summed E-state index contributed by atoms with van der Waals surface area (Å²) in [4.78, 5) is 11.5. The molecule has 0 aliphatic rings. The Labute approximate surface area is 123 Å². The minimum absolute atomic E-state index is 0.104. The van der Waals surface area contributed by atoms with Gasteiger partial charge in [0.2, 0.25) is 0 Å². The lowest BCUT2D eigenvalue weighted by molar-refractivity contribution is -0.147. The van der Waals surface area contributed by atoms with Gasteiger partial charge >= 0.3 is 5.97 Å². The van der Waals surface area contributed by atoms with Gasteiger partial charge in [-0.05, 0) is 23.3 Å². The van der Waals surface area contributed by atoms with Crippen molar-refractivity contribution in [2.45, 2.75) is 12.5 Å². The van der Waals surface area contributed by atoms with E-state index in [1.54, 1.807) is 12.1 Å². The van der Waals surface area contributed by atoms with E-state index < -0.39 is 5.97 Å². The van der Waals surface area contributed by atoms with E-state index in [0.29, 0.717) is 11.6 Å². The lowest BCUT2D eigenvalue weighted by Gasteiger charge is -2.07. The van der Waals surface area contributed by atoms with Crippen LogP contribution in [0.25, 0.3) is 0 Å². The molecule has 0 heterocycles. The highest BCUT2D eigenvalue weighted by Gasteiger charge is 2.04. The average molecular weight is 291 g/mol. The summed E-state index contributed by atoms with van der Waals surface area (Å²) < 4.78 is 10.4. The highest BCUT2D eigenvalue weighted by atomic mass is 35.5. The van der Waals surface area contributed by atoms with Crippen molar-refractivity contribution in [3.8, 4) is 5.75 Å². The van der Waals surface area contributed by atoms with E-state index in [9.17, 15) is 4.79 Å². The highest BCUT2D eigenvalue weighted by Crippen LogP contribution is 2.13. The van der Waals surface area contributed by atoms with Gasteiger partial charge in [0.05, 0.1) is 0 Å². The molecule has 0 aromatic heterocycles. The van der Waals surface area contributed by atoms with E-state index in [-0.39, 0.29) is 13.2 Å². The van der Waals surface area contributed by atoms with Gasteiger partial charge in [-0.15, -0.1) is 11.6 Å². The molecule has 2 aromatic rings. The van der Waals surface area contributed by atoms with Crippen molar-refractivity contribution in [1.29, 1.82) is 0 Å². The van der Waals surface area contributed by atoms with E-state index in [2.05, 4.69) is 0 Å². The van der Waals surface area contributed by atoms with Crippen LogP contribution >= 0.6 is 11.6 Å². The number of carbonyl (C=O) groups excluding carboxylic acids is 1. The van der Waals surface area contributed by atoms with Gasteiger partial charge in [-0.2, -0.15) is 0 Å². The van der Waals surface area contributed by atoms with Crippen LogP contribution in [-0.2, 0) is 22.0 Å². The monoisotopic (exact) mass is 290 g/mol. The molecule has 0 N–H and O–H groups in total. The minimum Gasteiger partial charge on any atom is -0.482 e. The largest absolute Gasteiger partial charge is 0.482 e. The molecule has 0 aliphatic carbocycles. The Hall–Kier alpha value is -2.00. The van der Waals surface area contributed by atoms with Gasteiger partial charge in [-0.3, -0.25) is 0 Å². The third-order valence-electron chi connectivity index (χ3n) is 2.68. The second kappa shape index (κ2) is 7.56. The normalized spacial score (nSPS) is 10.1. The molecule has 2 aromatic carbocycles. The third-order valence-corrected chi connectivity index (χ3v) is 2.99. The van der Waals surface area contributed by atoms with Crippen LogP contribution in [-0.4, -0.2) is 12.6 Å². The molecule has 0 aliphatic heterocycles. The maximum absolute atomic E-state index is 11.5. The standard InChI is InChI=1S/C16H15ClO3/c17-10-13-6-8-15(9-7-13)19-12-16(18)20-11-14-4-2-1-3-5-14/h1-9H,10-12H2. The first kappa shape index (κ1) is 14.4. The quantitative estimate of drug-likeness (QED) is 0.603. The summed E-state index contributed by atoms with van der Waals surface area (Å²) in [5, 5.41) is 0. The van der Waals surface area contributed by atoms with Crippen molar-refractivity contribution < 1.29 is 14.3 Å². The number of hydrogen-bond donors (Lipinski definition) is 0. The summed E-state index contributed by atoms with van der Waals surface area (Å²) in [6.07, 6.45) is 0. The first-order chi connectivity index (χ1) is 9.78. The summed E-state index contributed by atoms with van der Waals surface area (Å²) in [6.45, 7) is 0.154. The van der Waals surface area contributed by atoms with Crippen molar-refractivity contribution in [2.24, 2.45) is 0 Å². The number of halogens is 1. The Morgan fingerprint density at radius 3 is 2.30 bits per heavy atom. The Morgan fingerprint density at radius 1 is 0.950 bits per heavy atom. The zero-order valence-corrected chi connectivity index (χ0v) is 11.7. The molecule has 0 radical (unpaired) electrons. The van der Waals surface area contributed by atoms with Gasteiger partial charge < -0.3 is 9.47 Å². The molecule has 20 heavy (non-hydrogen) atoms. The minimum atomic E-state index is -0.393. The molecule has 0 saturated heterocycles. The summed E-state index contributed by atoms with van der Waals surface area (Å²) in [7, 11) is 0. The maximum Gasteiger partial charge on any atom is 0.344 e. The fourth-order valence-electron chi connectivity index (χ4n) is 1.60. The molecule has 0 fully saturated rings. The molecule has 4 heteroatoms. The van der Waals surface area contributed by atoms with Crippen LogP contribution in [0.5, 0.6) is 5.75 Å². The first-order valence-corrected chi connectivity index (χ1v) is 6.78. The number of benzene rings is 2. The van der Waals surface area contributed by atoms with E-state index >= 15 is 0 Å². The molecule has 0 unspecified atom stereocenters. The molecular formula is C16H15ClO3. The SMILES string of the molecule is O=C(COc1ccc(CCl)cc1)OCc1ccccc1. The Morgan fingerprint density at radius 2 is 1.65 bits per heavy atom. The number of carbonyl (C=O) groups is 1. The summed E-state index contributed by atoms with van der Waals surface area (Å²) in [6, 6.07) is 16.8. The second-order valence-corrected chi connectivity index (χ2v) is 4.48. The molecule has 0 amide bonds. The van der Waals surface area contributed by atoms with E-state index in [0.717, 1.165) is 11.1 Å². The molecule has 0 saturated carbocycles. The van der Waals surface area contributed by atoms with Crippen LogP contribution in [0.4, 0.5) is 0 Å². The Kier molecular flexibility index (Phi) is 5.44. The number of esters is 1. The molecule has 3 nitrogen and oxygen atoms in total. The zero-order valence-electron chi connectivity index (χ0n) is 10.9. The average Bonchev–Trinajstić information content (AvgIpc) is 2.52. The molecule has 0 spiro atoms. The fourth-order valence-corrected chi connectivity index (χ4v) is 1.77. The van der Waals surface area contributed by atoms with Crippen LogP contribution < -0.4 is 4.74 Å². The maximum atomic E-state index is 11.5. The molecule has 0 bridgehead atoms. The van der Waals surface area contributed by atoms with Crippen molar-refractivity contribution in [1.82, 2.24) is 0 Å². The molecule has 104 valence electrons. The smallest absolute Gasteiger partial charge is 0.344 e. The zero-order chi connectivity index (χ0) is 14.2. The van der Waals surface area contributed by atoms with Gasteiger partial charge in [0.15, 0.2) is 6.61 Å². The van der Waals surface area contributed by atoms with Crippen LogP contribution in [0.2, 0.25) is 0 Å². The molecule has 2 rings (SSSR count). The number of alkyl halides is 1. The van der Waals surface area contributed by atoms with Crippen molar-refractivity contribution in [2.75, 3.05) is 6.61 Å². The summed E-state index contributed by atoms with van der Waals surface area (Å²) in [5.74, 6) is 0.685. The van der Waals surface area contributed by atoms with Crippen molar-refractivity contribution >= 4 is 17.6 Å². The van der Waals surface area contributed by atoms with Crippen molar-refractivity contribution in [3.63, 3.8) is 0 Å². The van der Waals surface area contributed by atoms with E-state index in [1.165, 1.54) is 0 Å². The van der Waals surface area contributed by atoms with E-state index in [1.807, 2.05) is 42.5 Å². The second-order valence-electron chi connectivity index (χ2n) is 4.21. The predicted molar refractivity (Wildman–Crippen MR) is 77.7 cm³/mol. The summed E-state index contributed by atoms with van der Waals surface area (Å²) in [5.41, 5.74) is 1.96. The lowest BCUT2D eigenvalue weighted by atomic mass is 10.2. The highest BCUT2D eigenvalue weighted by molar-refractivity contribution is 6.17. The Balaban J connectivity index is 1.74. The first-order valence-electron chi connectivity index (χ1n) is 6.25. The fraction of sp³-hybridized carbons (Fsp3) is 0.188. The third kappa shape index (κ3) is 4.59. The lowest BCUT2D eigenvalue weighted by Crippen LogP contribution is -2.14. The van der Waals surface area contributed by atoms with Gasteiger partial charge in [-0.1, -0.05) is 42.5 Å².